The molecule has 17 nitrogen and oxygen atoms in total. The lowest BCUT2D eigenvalue weighted by Gasteiger charge is -2.21. The number of phosphoric acid groups is 2. The Morgan fingerprint density at radius 3 is 0.717 bits per heavy atom. The number of phosphoric ester groups is 2. The molecule has 0 bridgehead atoms. The van der Waals surface area contributed by atoms with Gasteiger partial charge in [-0.15, -0.1) is 0 Å². The van der Waals surface area contributed by atoms with Crippen LogP contribution in [0.25, 0.3) is 0 Å². The number of hydrogen-bond donors (Lipinski definition) is 3. The number of aliphatic hydroxyl groups is 1. The van der Waals surface area contributed by atoms with Crippen molar-refractivity contribution in [1.29, 1.82) is 0 Å². The Balaban J connectivity index is 5.20. The number of hydrogen-bond acceptors (Lipinski definition) is 15. The number of carbonyl (C=O) groups excluding carboxylic acids is 4. The van der Waals surface area contributed by atoms with Gasteiger partial charge in [-0.1, -0.05) is 369 Å². The fraction of sp³-hybridized carbons (Fsp3) is 0.950. The van der Waals surface area contributed by atoms with Gasteiger partial charge < -0.3 is 33.8 Å². The molecule has 0 radical (unpaired) electrons. The summed E-state index contributed by atoms with van der Waals surface area (Å²) in [5, 5.41) is 10.6. The Morgan fingerprint density at radius 2 is 0.485 bits per heavy atom. The van der Waals surface area contributed by atoms with Gasteiger partial charge in [0.05, 0.1) is 26.4 Å². The molecule has 0 aromatic rings. The van der Waals surface area contributed by atoms with E-state index in [0.29, 0.717) is 25.7 Å². The number of unbranched alkanes of at least 4 members (excludes halogenated alkanes) is 47. The van der Waals surface area contributed by atoms with Crippen LogP contribution in [0, 0.1) is 11.8 Å². The molecule has 0 aliphatic rings. The molecule has 0 saturated heterocycles. The molecule has 0 aliphatic carbocycles. The highest BCUT2D eigenvalue weighted by molar-refractivity contribution is 7.47. The average molecular weight is 1450 g/mol. The molecule has 7 atom stereocenters. The molecule has 0 rings (SSSR count). The van der Waals surface area contributed by atoms with Gasteiger partial charge in [0.15, 0.2) is 12.2 Å². The van der Waals surface area contributed by atoms with Crippen molar-refractivity contribution in [2.45, 2.75) is 439 Å². The van der Waals surface area contributed by atoms with Gasteiger partial charge in [0, 0.05) is 25.7 Å². The Bertz CT molecular complexity index is 1910. The molecule has 0 aromatic heterocycles. The minimum Gasteiger partial charge on any atom is -0.462 e. The fourth-order valence-electron chi connectivity index (χ4n) is 12.3. The van der Waals surface area contributed by atoms with Gasteiger partial charge in [-0.05, 0) is 37.5 Å². The second kappa shape index (κ2) is 71.7. The van der Waals surface area contributed by atoms with Crippen LogP contribution < -0.4 is 0 Å². The molecule has 4 unspecified atom stereocenters. The highest BCUT2D eigenvalue weighted by Gasteiger charge is 2.30. The average Bonchev–Trinajstić information content (AvgIpc) is 1.09. The van der Waals surface area contributed by atoms with Crippen molar-refractivity contribution in [3.8, 4) is 0 Å². The van der Waals surface area contributed by atoms with E-state index < -0.39 is 97.5 Å². The number of carbonyl (C=O) groups is 4. The van der Waals surface area contributed by atoms with Gasteiger partial charge in [0.25, 0.3) is 0 Å². The summed E-state index contributed by atoms with van der Waals surface area (Å²) in [5.41, 5.74) is 0. The summed E-state index contributed by atoms with van der Waals surface area (Å²) in [4.78, 5) is 72.9. The smallest absolute Gasteiger partial charge is 0.462 e. The summed E-state index contributed by atoms with van der Waals surface area (Å²) in [6.07, 6.45) is 60.9. The molecule has 0 aromatic carbocycles. The van der Waals surface area contributed by atoms with Gasteiger partial charge >= 0.3 is 39.5 Å². The van der Waals surface area contributed by atoms with E-state index in [-0.39, 0.29) is 25.7 Å². The van der Waals surface area contributed by atoms with E-state index in [1.807, 2.05) is 0 Å². The van der Waals surface area contributed by atoms with Crippen LogP contribution in [0.3, 0.4) is 0 Å². The lowest BCUT2D eigenvalue weighted by molar-refractivity contribution is -0.161. The fourth-order valence-corrected chi connectivity index (χ4v) is 13.9. The van der Waals surface area contributed by atoms with Crippen molar-refractivity contribution in [1.82, 2.24) is 0 Å². The van der Waals surface area contributed by atoms with Crippen LogP contribution in [0.2, 0.25) is 0 Å². The minimum absolute atomic E-state index is 0.108. The quantitative estimate of drug-likeness (QED) is 0.0222. The van der Waals surface area contributed by atoms with Crippen LogP contribution in [0.4, 0.5) is 0 Å². The van der Waals surface area contributed by atoms with Gasteiger partial charge in [-0.2, -0.15) is 0 Å². The first kappa shape index (κ1) is 97.1. The third kappa shape index (κ3) is 71.5. The maximum absolute atomic E-state index is 13.1. The van der Waals surface area contributed by atoms with Crippen LogP contribution in [0.15, 0.2) is 0 Å². The largest absolute Gasteiger partial charge is 0.472 e. The lowest BCUT2D eigenvalue weighted by atomic mass is 9.99. The van der Waals surface area contributed by atoms with Crippen molar-refractivity contribution < 1.29 is 80.2 Å². The van der Waals surface area contributed by atoms with E-state index in [0.717, 1.165) is 102 Å². The van der Waals surface area contributed by atoms with Crippen molar-refractivity contribution in [2.24, 2.45) is 11.8 Å². The molecule has 0 spiro atoms. The predicted octanol–water partition coefficient (Wildman–Crippen LogP) is 23.9. The SMILES string of the molecule is CCCCCCCCCCCCCCCCC(=O)O[C@H](COC(=O)CCCCCCCCCCC)COP(=O)(O)OC[C@H](O)COP(=O)(O)OC[C@@H](COC(=O)CCCCCCCCCCCCC(C)CC)OC(=O)CCCCCCCCCCCCCCCCCCCCC(C)CC. The zero-order valence-electron chi connectivity index (χ0n) is 64.8. The van der Waals surface area contributed by atoms with E-state index >= 15 is 0 Å². The maximum Gasteiger partial charge on any atom is 0.472 e. The molecule has 588 valence electrons. The Hall–Kier alpha value is -1.94. The number of rotatable bonds is 79. The van der Waals surface area contributed by atoms with Crippen molar-refractivity contribution in [3.05, 3.63) is 0 Å². The molecule has 0 aliphatic heterocycles. The van der Waals surface area contributed by atoms with Gasteiger partial charge in [-0.3, -0.25) is 37.3 Å². The molecule has 0 heterocycles. The Kier molecular flexibility index (Phi) is 70.3. The van der Waals surface area contributed by atoms with Gasteiger partial charge in [0.2, 0.25) is 0 Å². The van der Waals surface area contributed by atoms with Crippen LogP contribution in [-0.2, 0) is 65.4 Å². The second-order valence-electron chi connectivity index (χ2n) is 29.3. The first-order valence-electron chi connectivity index (χ1n) is 41.6. The minimum atomic E-state index is -4.96. The zero-order valence-corrected chi connectivity index (χ0v) is 66.6. The van der Waals surface area contributed by atoms with E-state index in [2.05, 4.69) is 41.5 Å². The Labute approximate surface area is 607 Å². The van der Waals surface area contributed by atoms with E-state index in [1.165, 1.54) is 238 Å². The van der Waals surface area contributed by atoms with E-state index in [9.17, 15) is 43.2 Å². The number of ether oxygens (including phenoxy) is 4. The third-order valence-electron chi connectivity index (χ3n) is 19.4. The zero-order chi connectivity index (χ0) is 72.8. The van der Waals surface area contributed by atoms with Crippen molar-refractivity contribution in [3.63, 3.8) is 0 Å². The normalized spacial score (nSPS) is 14.5. The third-order valence-corrected chi connectivity index (χ3v) is 21.3. The molecule has 0 fully saturated rings. The molecular formula is C80H156O17P2. The molecule has 19 heteroatoms. The summed E-state index contributed by atoms with van der Waals surface area (Å²) in [6.45, 7) is 9.71. The molecular weight excluding hydrogens is 1290 g/mol. The van der Waals surface area contributed by atoms with Crippen LogP contribution in [0.1, 0.15) is 420 Å². The van der Waals surface area contributed by atoms with E-state index in [4.69, 9.17) is 37.0 Å². The summed E-state index contributed by atoms with van der Waals surface area (Å²) in [6, 6.07) is 0. The number of esters is 4. The summed E-state index contributed by atoms with van der Waals surface area (Å²) in [5.74, 6) is -0.430. The molecule has 0 saturated carbocycles. The first-order valence-corrected chi connectivity index (χ1v) is 44.6. The lowest BCUT2D eigenvalue weighted by Crippen LogP contribution is -2.30. The summed E-state index contributed by atoms with van der Waals surface area (Å²) < 4.78 is 68.6. The van der Waals surface area contributed by atoms with Crippen LogP contribution in [-0.4, -0.2) is 96.7 Å². The first-order chi connectivity index (χ1) is 47.9. The Morgan fingerprint density at radius 1 is 0.283 bits per heavy atom. The molecule has 99 heavy (non-hydrogen) atoms. The standard InChI is InChI=1S/C80H156O17P2/c1-7-11-13-15-17-19-20-21-29-32-40-46-52-58-64-79(84)96-75(68-90-77(82)62-56-50-44-36-18-16-14-12-8-2)70-94-98(86,87)92-66-74(81)67-93-99(88,89)95-71-76(69-91-78(83)63-57-51-45-39-35-34-38-43-49-55-61-73(6)10-4)97-80(85)65-59-53-47-41-33-30-27-25-23-22-24-26-28-31-37-42-48-54-60-72(5)9-3/h72-76,81H,7-71H2,1-6H3,(H,86,87)(H,88,89)/t72?,73?,74-,75+,76+/m0/s1. The van der Waals surface area contributed by atoms with Crippen molar-refractivity contribution in [2.75, 3.05) is 39.6 Å². The monoisotopic (exact) mass is 1450 g/mol. The van der Waals surface area contributed by atoms with Crippen LogP contribution >= 0.6 is 15.6 Å². The van der Waals surface area contributed by atoms with Gasteiger partial charge in [-0.25, -0.2) is 9.13 Å². The van der Waals surface area contributed by atoms with Gasteiger partial charge in [0.1, 0.15) is 19.3 Å². The van der Waals surface area contributed by atoms with Crippen LogP contribution in [0.5, 0.6) is 0 Å². The second-order valence-corrected chi connectivity index (χ2v) is 32.2. The molecule has 3 N–H and O–H groups in total. The molecule has 0 amide bonds. The van der Waals surface area contributed by atoms with Crippen molar-refractivity contribution >= 4 is 39.5 Å². The summed E-state index contributed by atoms with van der Waals surface area (Å²) >= 11 is 0. The highest BCUT2D eigenvalue weighted by Crippen LogP contribution is 2.45. The maximum atomic E-state index is 13.1. The topological polar surface area (TPSA) is 237 Å². The predicted molar refractivity (Wildman–Crippen MR) is 405 cm³/mol. The van der Waals surface area contributed by atoms with E-state index in [1.54, 1.807) is 0 Å². The highest BCUT2D eigenvalue weighted by atomic mass is 31.2. The summed E-state index contributed by atoms with van der Waals surface area (Å²) in [7, 11) is -9.91. The number of aliphatic hydroxyl groups excluding tert-OH is 1.